The molecule has 1 aromatic carbocycles. The van der Waals surface area contributed by atoms with Gasteiger partial charge in [0.15, 0.2) is 0 Å². The molecule has 0 radical (unpaired) electrons. The van der Waals surface area contributed by atoms with Gasteiger partial charge < -0.3 is 15.8 Å². The van der Waals surface area contributed by atoms with Crippen molar-refractivity contribution in [2.24, 2.45) is 10.9 Å². The van der Waals surface area contributed by atoms with Crippen LogP contribution in [-0.4, -0.2) is 34.9 Å². The summed E-state index contributed by atoms with van der Waals surface area (Å²) in [4.78, 5) is 13.6. The van der Waals surface area contributed by atoms with Gasteiger partial charge in [0.2, 0.25) is 0 Å². The fourth-order valence-electron chi connectivity index (χ4n) is 1.54. The van der Waals surface area contributed by atoms with E-state index < -0.39 is 5.82 Å². The molecule has 0 saturated heterocycles. The second-order valence-electron chi connectivity index (χ2n) is 4.16. The first-order chi connectivity index (χ1) is 8.88. The summed E-state index contributed by atoms with van der Waals surface area (Å²) in [6.45, 7) is 1.75. The van der Waals surface area contributed by atoms with Crippen molar-refractivity contribution >= 4 is 27.7 Å². The number of rotatable bonds is 4. The van der Waals surface area contributed by atoms with Gasteiger partial charge in [0.25, 0.3) is 5.91 Å². The number of nitrogens with zero attached hydrogens (tertiary/aromatic N) is 2. The Morgan fingerprint density at radius 2 is 2.26 bits per heavy atom. The van der Waals surface area contributed by atoms with Crippen LogP contribution in [0.4, 0.5) is 4.39 Å². The van der Waals surface area contributed by atoms with E-state index in [1.54, 1.807) is 14.0 Å². The average molecular weight is 332 g/mol. The third-order valence-electron chi connectivity index (χ3n) is 2.80. The Labute approximate surface area is 119 Å². The van der Waals surface area contributed by atoms with Crippen LogP contribution in [0.3, 0.4) is 0 Å². The van der Waals surface area contributed by atoms with Gasteiger partial charge in [0, 0.05) is 19.5 Å². The smallest absolute Gasteiger partial charge is 0.255 e. The number of oxime groups is 1. The van der Waals surface area contributed by atoms with Crippen LogP contribution in [0.1, 0.15) is 23.7 Å². The zero-order valence-corrected chi connectivity index (χ0v) is 12.2. The predicted molar refractivity (Wildman–Crippen MR) is 73.7 cm³/mol. The molecule has 1 unspecified atom stereocenters. The van der Waals surface area contributed by atoms with E-state index in [9.17, 15) is 9.18 Å². The zero-order chi connectivity index (χ0) is 14.6. The summed E-state index contributed by atoms with van der Waals surface area (Å²) in [6.07, 6.45) is 0.228. The number of carbonyl (C=O) groups is 1. The molecule has 104 valence electrons. The molecule has 1 atom stereocenters. The topological polar surface area (TPSA) is 78.9 Å². The quantitative estimate of drug-likeness (QED) is 0.384. The van der Waals surface area contributed by atoms with Gasteiger partial charge in [0.05, 0.1) is 10.0 Å². The van der Waals surface area contributed by atoms with Crippen molar-refractivity contribution < 1.29 is 14.4 Å². The van der Waals surface area contributed by atoms with Gasteiger partial charge in [-0.2, -0.15) is 0 Å². The number of halogens is 2. The normalized spacial score (nSPS) is 13.2. The number of hydrogen-bond acceptors (Lipinski definition) is 3. The van der Waals surface area contributed by atoms with E-state index in [0.717, 1.165) is 0 Å². The Hall–Kier alpha value is -1.63. The molecular weight excluding hydrogens is 317 g/mol. The SMILES string of the molecule is CC(C/C(N)=N/O)N(C)C(=O)c1cccc(F)c1Br. The van der Waals surface area contributed by atoms with Crippen LogP contribution in [0.5, 0.6) is 0 Å². The minimum absolute atomic E-state index is 0.0328. The first-order valence-corrected chi connectivity index (χ1v) is 6.35. The largest absolute Gasteiger partial charge is 0.409 e. The van der Waals surface area contributed by atoms with Gasteiger partial charge in [-0.05, 0) is 35.0 Å². The van der Waals surface area contributed by atoms with E-state index in [0.29, 0.717) is 0 Å². The summed E-state index contributed by atoms with van der Waals surface area (Å²) >= 11 is 3.05. The number of benzene rings is 1. The molecular formula is C12H15BrFN3O2. The van der Waals surface area contributed by atoms with Crippen LogP contribution < -0.4 is 5.73 Å². The van der Waals surface area contributed by atoms with Gasteiger partial charge in [0.1, 0.15) is 11.7 Å². The molecule has 0 bridgehead atoms. The standard InChI is InChI=1S/C12H15BrFN3O2/c1-7(6-10(15)16-19)17(2)12(18)8-4-3-5-9(14)11(8)13/h3-5,7,19H,6H2,1-2H3,(H2,15,16). The van der Waals surface area contributed by atoms with Crippen LogP contribution >= 0.6 is 15.9 Å². The molecule has 0 aliphatic heterocycles. The van der Waals surface area contributed by atoms with Gasteiger partial charge in [-0.25, -0.2) is 4.39 Å². The number of nitrogens with two attached hydrogens (primary N) is 1. The van der Waals surface area contributed by atoms with Crippen LogP contribution in [0, 0.1) is 5.82 Å². The monoisotopic (exact) mass is 331 g/mol. The lowest BCUT2D eigenvalue weighted by Crippen LogP contribution is -2.38. The Bertz CT molecular complexity index is 508. The highest BCUT2D eigenvalue weighted by Gasteiger charge is 2.21. The lowest BCUT2D eigenvalue weighted by molar-refractivity contribution is 0.0745. The lowest BCUT2D eigenvalue weighted by Gasteiger charge is -2.25. The van der Waals surface area contributed by atoms with Crippen molar-refractivity contribution in [1.29, 1.82) is 0 Å². The molecule has 3 N–H and O–H groups in total. The van der Waals surface area contributed by atoms with Crippen molar-refractivity contribution in [2.45, 2.75) is 19.4 Å². The summed E-state index contributed by atoms with van der Waals surface area (Å²) in [6, 6.07) is 3.98. The Morgan fingerprint density at radius 1 is 1.63 bits per heavy atom. The Balaban J connectivity index is 2.90. The van der Waals surface area contributed by atoms with Crippen molar-refractivity contribution in [3.63, 3.8) is 0 Å². The molecule has 7 heteroatoms. The molecule has 0 spiro atoms. The third-order valence-corrected chi connectivity index (χ3v) is 3.60. The number of amides is 1. The highest BCUT2D eigenvalue weighted by atomic mass is 79.9. The lowest BCUT2D eigenvalue weighted by atomic mass is 10.1. The first kappa shape index (κ1) is 15.4. The second-order valence-corrected chi connectivity index (χ2v) is 4.95. The maximum absolute atomic E-state index is 13.4. The molecule has 0 aliphatic carbocycles. The number of amidine groups is 1. The summed E-state index contributed by atoms with van der Waals surface area (Å²) in [7, 11) is 1.58. The molecule has 1 rings (SSSR count). The molecule has 0 aromatic heterocycles. The van der Waals surface area contributed by atoms with E-state index >= 15 is 0 Å². The number of carbonyl (C=O) groups excluding carboxylic acids is 1. The van der Waals surface area contributed by atoms with Gasteiger partial charge in [-0.3, -0.25) is 4.79 Å². The average Bonchev–Trinajstić information content (AvgIpc) is 2.39. The third kappa shape index (κ3) is 3.66. The Kier molecular flexibility index (Phi) is 5.29. The van der Waals surface area contributed by atoms with Gasteiger partial charge in [-0.15, -0.1) is 0 Å². The maximum atomic E-state index is 13.4. The molecule has 1 amide bonds. The minimum atomic E-state index is -0.497. The minimum Gasteiger partial charge on any atom is -0.409 e. The van der Waals surface area contributed by atoms with Crippen LogP contribution in [0.2, 0.25) is 0 Å². The van der Waals surface area contributed by atoms with Crippen molar-refractivity contribution in [3.8, 4) is 0 Å². The van der Waals surface area contributed by atoms with Crippen LogP contribution in [0.25, 0.3) is 0 Å². The fourth-order valence-corrected chi connectivity index (χ4v) is 1.97. The van der Waals surface area contributed by atoms with Crippen molar-refractivity contribution in [1.82, 2.24) is 4.90 Å². The van der Waals surface area contributed by atoms with E-state index in [4.69, 9.17) is 10.9 Å². The zero-order valence-electron chi connectivity index (χ0n) is 10.6. The fraction of sp³-hybridized carbons (Fsp3) is 0.333. The molecule has 1 aromatic rings. The number of hydrogen-bond donors (Lipinski definition) is 2. The Morgan fingerprint density at radius 3 is 2.84 bits per heavy atom. The first-order valence-electron chi connectivity index (χ1n) is 5.56. The molecule has 0 aliphatic rings. The van der Waals surface area contributed by atoms with E-state index in [2.05, 4.69) is 21.1 Å². The summed E-state index contributed by atoms with van der Waals surface area (Å²) in [5.74, 6) is -0.807. The van der Waals surface area contributed by atoms with Crippen LogP contribution in [0.15, 0.2) is 27.8 Å². The van der Waals surface area contributed by atoms with Gasteiger partial charge in [-0.1, -0.05) is 11.2 Å². The van der Waals surface area contributed by atoms with E-state index in [1.165, 1.54) is 23.1 Å². The molecule has 0 heterocycles. The summed E-state index contributed by atoms with van der Waals surface area (Å²) in [5, 5.41) is 11.4. The highest BCUT2D eigenvalue weighted by Crippen LogP contribution is 2.22. The van der Waals surface area contributed by atoms with Crippen LogP contribution in [-0.2, 0) is 0 Å². The summed E-state index contributed by atoms with van der Waals surface area (Å²) < 4.78 is 13.5. The van der Waals surface area contributed by atoms with Crippen molar-refractivity contribution in [2.75, 3.05) is 7.05 Å². The van der Waals surface area contributed by atoms with Gasteiger partial charge >= 0.3 is 0 Å². The van der Waals surface area contributed by atoms with E-state index in [-0.39, 0.29) is 34.2 Å². The second kappa shape index (κ2) is 6.51. The molecule has 0 fully saturated rings. The summed E-state index contributed by atoms with van der Waals surface area (Å²) in [5.41, 5.74) is 5.63. The molecule has 0 saturated carbocycles. The van der Waals surface area contributed by atoms with E-state index in [1.807, 2.05) is 0 Å². The highest BCUT2D eigenvalue weighted by molar-refractivity contribution is 9.10. The predicted octanol–water partition coefficient (Wildman–Crippen LogP) is 2.19. The van der Waals surface area contributed by atoms with Crippen molar-refractivity contribution in [3.05, 3.63) is 34.1 Å². The maximum Gasteiger partial charge on any atom is 0.255 e. The molecule has 19 heavy (non-hydrogen) atoms. The molecule has 5 nitrogen and oxygen atoms in total.